The maximum atomic E-state index is 12.3. The predicted molar refractivity (Wildman–Crippen MR) is 76.9 cm³/mol. The van der Waals surface area contributed by atoms with E-state index in [1.807, 2.05) is 44.3 Å². The first-order chi connectivity index (χ1) is 9.11. The van der Waals surface area contributed by atoms with E-state index in [0.717, 1.165) is 10.9 Å². The first-order valence-corrected chi connectivity index (χ1v) is 6.42. The number of pyridine rings is 1. The van der Waals surface area contributed by atoms with Gasteiger partial charge in [0, 0.05) is 30.7 Å². The summed E-state index contributed by atoms with van der Waals surface area (Å²) in [7, 11) is 1.81. The fraction of sp³-hybridized carbons (Fsp3) is 0.333. The third-order valence-corrected chi connectivity index (χ3v) is 3.18. The maximum Gasteiger partial charge on any atom is 0.253 e. The molecule has 19 heavy (non-hydrogen) atoms. The number of amides is 1. The minimum atomic E-state index is 0.0195. The molecule has 1 unspecified atom stereocenters. The summed E-state index contributed by atoms with van der Waals surface area (Å²) in [4.78, 5) is 18.3. The zero-order chi connectivity index (χ0) is 13.8. The van der Waals surface area contributed by atoms with E-state index in [1.54, 1.807) is 11.1 Å². The van der Waals surface area contributed by atoms with Crippen LogP contribution >= 0.6 is 0 Å². The van der Waals surface area contributed by atoms with Gasteiger partial charge in [0.1, 0.15) is 0 Å². The Hall–Kier alpha value is -1.94. The number of hydrogen-bond acceptors (Lipinski definition) is 3. The molecule has 0 aliphatic rings. The van der Waals surface area contributed by atoms with E-state index in [-0.39, 0.29) is 5.91 Å². The van der Waals surface area contributed by atoms with Crippen molar-refractivity contribution in [1.82, 2.24) is 9.88 Å². The molecule has 0 fully saturated rings. The van der Waals surface area contributed by atoms with Gasteiger partial charge in [-0.3, -0.25) is 9.78 Å². The zero-order valence-corrected chi connectivity index (χ0v) is 11.3. The highest BCUT2D eigenvalue weighted by Crippen LogP contribution is 2.15. The number of carbonyl (C=O) groups is 1. The second-order valence-corrected chi connectivity index (χ2v) is 4.94. The Morgan fingerprint density at radius 1 is 1.42 bits per heavy atom. The molecule has 0 bridgehead atoms. The smallest absolute Gasteiger partial charge is 0.253 e. The van der Waals surface area contributed by atoms with Gasteiger partial charge in [0.05, 0.1) is 5.52 Å². The van der Waals surface area contributed by atoms with E-state index in [2.05, 4.69) is 4.98 Å². The molecule has 0 saturated heterocycles. The summed E-state index contributed by atoms with van der Waals surface area (Å²) in [6.45, 7) is 3.29. The van der Waals surface area contributed by atoms with Crippen LogP contribution in [-0.4, -0.2) is 35.9 Å². The van der Waals surface area contributed by atoms with E-state index >= 15 is 0 Å². The summed E-state index contributed by atoms with van der Waals surface area (Å²) >= 11 is 0. The monoisotopic (exact) mass is 257 g/mol. The van der Waals surface area contributed by atoms with Gasteiger partial charge in [-0.1, -0.05) is 13.0 Å². The van der Waals surface area contributed by atoms with Crippen LogP contribution in [0, 0.1) is 5.92 Å². The van der Waals surface area contributed by atoms with E-state index in [9.17, 15) is 4.79 Å². The van der Waals surface area contributed by atoms with Gasteiger partial charge in [-0.15, -0.1) is 0 Å². The Morgan fingerprint density at radius 3 is 2.95 bits per heavy atom. The van der Waals surface area contributed by atoms with Crippen LogP contribution in [-0.2, 0) is 0 Å². The third-order valence-electron chi connectivity index (χ3n) is 3.18. The van der Waals surface area contributed by atoms with Crippen molar-refractivity contribution in [2.75, 3.05) is 20.1 Å². The van der Waals surface area contributed by atoms with Crippen molar-refractivity contribution >= 4 is 16.8 Å². The van der Waals surface area contributed by atoms with Crippen LogP contribution < -0.4 is 5.73 Å². The number of nitrogens with zero attached hydrogens (tertiary/aromatic N) is 2. The normalized spacial score (nSPS) is 12.4. The number of nitrogens with two attached hydrogens (primary N) is 1. The molecule has 1 atom stereocenters. The Morgan fingerprint density at radius 2 is 2.21 bits per heavy atom. The molecule has 2 N–H and O–H groups in total. The fourth-order valence-corrected chi connectivity index (χ4v) is 2.05. The number of benzene rings is 1. The summed E-state index contributed by atoms with van der Waals surface area (Å²) < 4.78 is 0. The van der Waals surface area contributed by atoms with Gasteiger partial charge < -0.3 is 10.6 Å². The molecular weight excluding hydrogens is 238 g/mol. The van der Waals surface area contributed by atoms with Crippen molar-refractivity contribution in [3.63, 3.8) is 0 Å². The quantitative estimate of drug-likeness (QED) is 0.910. The molecule has 1 aromatic carbocycles. The number of rotatable bonds is 4. The zero-order valence-electron chi connectivity index (χ0n) is 11.3. The Bertz CT molecular complexity index is 582. The SMILES string of the molecule is CC(CN)CN(C)C(=O)c1ccc2ncccc2c1. The van der Waals surface area contributed by atoms with Crippen molar-refractivity contribution in [3.05, 3.63) is 42.1 Å². The van der Waals surface area contributed by atoms with Gasteiger partial charge in [0.15, 0.2) is 0 Å². The van der Waals surface area contributed by atoms with Gasteiger partial charge >= 0.3 is 0 Å². The molecule has 0 aliphatic carbocycles. The lowest BCUT2D eigenvalue weighted by Gasteiger charge is -2.20. The minimum absolute atomic E-state index is 0.0195. The van der Waals surface area contributed by atoms with E-state index in [0.29, 0.717) is 24.6 Å². The molecule has 2 rings (SSSR count). The molecule has 0 aliphatic heterocycles. The Kier molecular flexibility index (Phi) is 4.12. The highest BCUT2D eigenvalue weighted by molar-refractivity contribution is 5.97. The highest BCUT2D eigenvalue weighted by atomic mass is 16.2. The predicted octanol–water partition coefficient (Wildman–Crippen LogP) is 1.90. The maximum absolute atomic E-state index is 12.3. The third kappa shape index (κ3) is 3.09. The standard InChI is InChI=1S/C15H19N3O/c1-11(9-16)10-18(2)15(19)13-5-6-14-12(8-13)4-3-7-17-14/h3-8,11H,9-10,16H2,1-2H3. The Balaban J connectivity index is 2.21. The lowest BCUT2D eigenvalue weighted by Crippen LogP contribution is -2.33. The van der Waals surface area contributed by atoms with Crippen molar-refractivity contribution in [2.24, 2.45) is 11.7 Å². The first kappa shape index (κ1) is 13.5. The molecule has 1 aromatic heterocycles. The number of aromatic nitrogens is 1. The van der Waals surface area contributed by atoms with Crippen LogP contribution in [0.3, 0.4) is 0 Å². The molecular formula is C15H19N3O. The van der Waals surface area contributed by atoms with Crippen LogP contribution in [0.5, 0.6) is 0 Å². The average molecular weight is 257 g/mol. The van der Waals surface area contributed by atoms with Crippen LogP contribution in [0.2, 0.25) is 0 Å². The summed E-state index contributed by atoms with van der Waals surface area (Å²) in [6, 6.07) is 9.41. The summed E-state index contributed by atoms with van der Waals surface area (Å²) in [5.74, 6) is 0.321. The lowest BCUT2D eigenvalue weighted by molar-refractivity contribution is 0.0777. The number of carbonyl (C=O) groups excluding carboxylic acids is 1. The highest BCUT2D eigenvalue weighted by Gasteiger charge is 2.14. The summed E-state index contributed by atoms with van der Waals surface area (Å²) in [5, 5.41) is 0.980. The molecule has 1 heterocycles. The molecule has 2 aromatic rings. The van der Waals surface area contributed by atoms with Gasteiger partial charge in [0.2, 0.25) is 0 Å². The van der Waals surface area contributed by atoms with Crippen LogP contribution in [0.25, 0.3) is 10.9 Å². The van der Waals surface area contributed by atoms with Crippen molar-refractivity contribution < 1.29 is 4.79 Å². The molecule has 0 radical (unpaired) electrons. The van der Waals surface area contributed by atoms with Gasteiger partial charge in [-0.05, 0) is 36.7 Å². The minimum Gasteiger partial charge on any atom is -0.341 e. The largest absolute Gasteiger partial charge is 0.341 e. The Labute approximate surface area is 113 Å². The van der Waals surface area contributed by atoms with Crippen LogP contribution in [0.4, 0.5) is 0 Å². The van der Waals surface area contributed by atoms with Gasteiger partial charge in [0.25, 0.3) is 5.91 Å². The molecule has 4 heteroatoms. The second kappa shape index (κ2) is 5.80. The topological polar surface area (TPSA) is 59.2 Å². The fourth-order valence-electron chi connectivity index (χ4n) is 2.05. The van der Waals surface area contributed by atoms with E-state index in [1.165, 1.54) is 0 Å². The van der Waals surface area contributed by atoms with E-state index in [4.69, 9.17) is 5.73 Å². The molecule has 0 saturated carbocycles. The number of hydrogen-bond donors (Lipinski definition) is 1. The second-order valence-electron chi connectivity index (χ2n) is 4.94. The molecule has 100 valence electrons. The van der Waals surface area contributed by atoms with Crippen molar-refractivity contribution in [3.8, 4) is 0 Å². The van der Waals surface area contributed by atoms with Crippen molar-refractivity contribution in [2.45, 2.75) is 6.92 Å². The van der Waals surface area contributed by atoms with E-state index < -0.39 is 0 Å². The van der Waals surface area contributed by atoms with Crippen molar-refractivity contribution in [1.29, 1.82) is 0 Å². The summed E-state index contributed by atoms with van der Waals surface area (Å²) in [6.07, 6.45) is 1.75. The lowest BCUT2D eigenvalue weighted by atomic mass is 10.1. The average Bonchev–Trinajstić information content (AvgIpc) is 2.45. The molecule has 0 spiro atoms. The van der Waals surface area contributed by atoms with Crippen LogP contribution in [0.1, 0.15) is 17.3 Å². The number of fused-ring (bicyclic) bond motifs is 1. The summed E-state index contributed by atoms with van der Waals surface area (Å²) in [5.41, 5.74) is 7.17. The molecule has 1 amide bonds. The first-order valence-electron chi connectivity index (χ1n) is 6.42. The van der Waals surface area contributed by atoms with Crippen LogP contribution in [0.15, 0.2) is 36.5 Å². The molecule has 4 nitrogen and oxygen atoms in total. The van der Waals surface area contributed by atoms with Gasteiger partial charge in [-0.2, -0.15) is 0 Å². The van der Waals surface area contributed by atoms with Gasteiger partial charge in [-0.25, -0.2) is 0 Å².